The zero-order valence-corrected chi connectivity index (χ0v) is 13.0. The summed E-state index contributed by atoms with van der Waals surface area (Å²) in [6.07, 6.45) is 2.15. The monoisotopic (exact) mass is 292 g/mol. The van der Waals surface area contributed by atoms with E-state index < -0.39 is 0 Å². The molecule has 1 unspecified atom stereocenters. The van der Waals surface area contributed by atoms with Crippen molar-refractivity contribution in [1.29, 1.82) is 0 Å². The number of carbonyl (C=O) groups excluding carboxylic acids is 1. The van der Waals surface area contributed by atoms with Crippen molar-refractivity contribution >= 4 is 5.91 Å². The van der Waals surface area contributed by atoms with Gasteiger partial charge < -0.3 is 19.7 Å². The molecular formula is C16H24N2O3. The van der Waals surface area contributed by atoms with Crippen molar-refractivity contribution < 1.29 is 14.3 Å². The number of rotatable bonds is 5. The lowest BCUT2D eigenvalue weighted by molar-refractivity contribution is 0.0692. The minimum atomic E-state index is 0.0251. The minimum absolute atomic E-state index is 0.0251. The maximum atomic E-state index is 12.7. The fourth-order valence-corrected chi connectivity index (χ4v) is 2.76. The first kappa shape index (κ1) is 15.6. The molecule has 0 spiro atoms. The number of piperidine rings is 1. The van der Waals surface area contributed by atoms with E-state index in [9.17, 15) is 4.79 Å². The zero-order chi connectivity index (χ0) is 15.2. The molecule has 0 aliphatic carbocycles. The molecule has 116 valence electrons. The molecule has 21 heavy (non-hydrogen) atoms. The third-order valence-electron chi connectivity index (χ3n) is 3.84. The molecule has 5 heteroatoms. The quantitative estimate of drug-likeness (QED) is 0.901. The van der Waals surface area contributed by atoms with Gasteiger partial charge in [0.15, 0.2) is 0 Å². The van der Waals surface area contributed by atoms with E-state index in [-0.39, 0.29) is 5.91 Å². The average Bonchev–Trinajstić information content (AvgIpc) is 2.54. The van der Waals surface area contributed by atoms with Crippen LogP contribution in [0.4, 0.5) is 0 Å². The van der Waals surface area contributed by atoms with Gasteiger partial charge in [0.05, 0.1) is 19.8 Å². The molecule has 1 saturated heterocycles. The second-order valence-corrected chi connectivity index (χ2v) is 5.21. The van der Waals surface area contributed by atoms with Crippen LogP contribution in [0.1, 0.15) is 30.1 Å². The topological polar surface area (TPSA) is 50.8 Å². The van der Waals surface area contributed by atoms with Gasteiger partial charge in [0.2, 0.25) is 0 Å². The summed E-state index contributed by atoms with van der Waals surface area (Å²) in [5.74, 6) is 1.27. The number of nitrogens with one attached hydrogen (secondary N) is 1. The number of methoxy groups -OCH3 is 2. The number of benzene rings is 1. The van der Waals surface area contributed by atoms with Crippen LogP contribution in [0.5, 0.6) is 11.5 Å². The van der Waals surface area contributed by atoms with Crippen molar-refractivity contribution in [3.8, 4) is 11.5 Å². The van der Waals surface area contributed by atoms with Crippen molar-refractivity contribution in [2.24, 2.45) is 0 Å². The van der Waals surface area contributed by atoms with Gasteiger partial charge in [0, 0.05) is 25.2 Å². The van der Waals surface area contributed by atoms with E-state index in [0.29, 0.717) is 23.1 Å². The van der Waals surface area contributed by atoms with E-state index in [1.165, 1.54) is 0 Å². The first-order chi connectivity index (χ1) is 10.2. The smallest absolute Gasteiger partial charge is 0.257 e. The Kier molecular flexibility index (Phi) is 5.44. The Morgan fingerprint density at radius 3 is 2.86 bits per heavy atom. The van der Waals surface area contributed by atoms with E-state index in [2.05, 4.69) is 12.2 Å². The molecule has 1 N–H and O–H groups in total. The normalized spacial score (nSPS) is 18.4. The second-order valence-electron chi connectivity index (χ2n) is 5.21. The highest BCUT2D eigenvalue weighted by Gasteiger charge is 2.25. The summed E-state index contributed by atoms with van der Waals surface area (Å²) in [5, 5.41) is 3.42. The Labute approximate surface area is 126 Å². The zero-order valence-electron chi connectivity index (χ0n) is 13.0. The minimum Gasteiger partial charge on any atom is -0.497 e. The number of hydrogen-bond donors (Lipinski definition) is 1. The summed E-state index contributed by atoms with van der Waals surface area (Å²) in [6.45, 7) is 4.57. The summed E-state index contributed by atoms with van der Waals surface area (Å²) in [7, 11) is 3.17. The molecular weight excluding hydrogens is 268 g/mol. The lowest BCUT2D eigenvalue weighted by atomic mass is 10.0. The number of carbonyl (C=O) groups is 1. The number of hydrogen-bond acceptors (Lipinski definition) is 4. The number of likely N-dealkylation sites (N-methyl/N-ethyl adjacent to an activating group) is 1. The molecule has 0 saturated carbocycles. The molecule has 1 aromatic rings. The molecule has 5 nitrogen and oxygen atoms in total. The maximum absolute atomic E-state index is 12.7. The van der Waals surface area contributed by atoms with Crippen LogP contribution in [0, 0.1) is 0 Å². The van der Waals surface area contributed by atoms with E-state index in [1.54, 1.807) is 32.4 Å². The average molecular weight is 292 g/mol. The van der Waals surface area contributed by atoms with E-state index in [4.69, 9.17) is 9.47 Å². The lowest BCUT2D eigenvalue weighted by Gasteiger charge is -2.33. The number of ether oxygens (including phenoxy) is 2. The Bertz CT molecular complexity index is 488. The molecule has 0 aromatic heterocycles. The summed E-state index contributed by atoms with van der Waals surface area (Å²) in [6, 6.07) is 5.70. The van der Waals surface area contributed by atoms with Crippen LogP contribution in [-0.2, 0) is 0 Å². The number of likely N-dealkylation sites (tertiary alicyclic amines) is 1. The molecule has 1 aliphatic heterocycles. The van der Waals surface area contributed by atoms with Crippen LogP contribution < -0.4 is 14.8 Å². The maximum Gasteiger partial charge on any atom is 0.257 e. The third-order valence-corrected chi connectivity index (χ3v) is 3.84. The molecule has 1 aliphatic rings. The van der Waals surface area contributed by atoms with E-state index in [0.717, 1.165) is 32.5 Å². The van der Waals surface area contributed by atoms with Crippen molar-refractivity contribution in [3.63, 3.8) is 0 Å². The van der Waals surface area contributed by atoms with Crippen LogP contribution in [0.25, 0.3) is 0 Å². The molecule has 0 bridgehead atoms. The van der Waals surface area contributed by atoms with Gasteiger partial charge in [0.25, 0.3) is 5.91 Å². The fourth-order valence-electron chi connectivity index (χ4n) is 2.76. The molecule has 2 rings (SSSR count). The standard InChI is InChI=1S/C16H24N2O3/c1-4-17-12-6-5-9-18(11-12)16(19)14-8-7-13(20-2)10-15(14)21-3/h7-8,10,12,17H,4-6,9,11H2,1-3H3. The lowest BCUT2D eigenvalue weighted by Crippen LogP contribution is -2.48. The van der Waals surface area contributed by atoms with Crippen molar-refractivity contribution in [2.45, 2.75) is 25.8 Å². The molecule has 1 aromatic carbocycles. The molecule has 1 fully saturated rings. The first-order valence-electron chi connectivity index (χ1n) is 7.44. The van der Waals surface area contributed by atoms with Gasteiger partial charge in [-0.15, -0.1) is 0 Å². The summed E-state index contributed by atoms with van der Waals surface area (Å²) in [4.78, 5) is 14.6. The number of amides is 1. The fraction of sp³-hybridized carbons (Fsp3) is 0.562. The van der Waals surface area contributed by atoms with Crippen LogP contribution in [0.3, 0.4) is 0 Å². The summed E-state index contributed by atoms with van der Waals surface area (Å²) < 4.78 is 10.5. The summed E-state index contributed by atoms with van der Waals surface area (Å²) >= 11 is 0. The van der Waals surface area contributed by atoms with Gasteiger partial charge >= 0.3 is 0 Å². The van der Waals surface area contributed by atoms with Crippen LogP contribution >= 0.6 is 0 Å². The number of nitrogens with zero attached hydrogens (tertiary/aromatic N) is 1. The highest BCUT2D eigenvalue weighted by atomic mass is 16.5. The van der Waals surface area contributed by atoms with Gasteiger partial charge in [-0.2, -0.15) is 0 Å². The van der Waals surface area contributed by atoms with Gasteiger partial charge in [0.1, 0.15) is 11.5 Å². The highest BCUT2D eigenvalue weighted by molar-refractivity contribution is 5.97. The van der Waals surface area contributed by atoms with Gasteiger partial charge in [-0.05, 0) is 31.5 Å². The van der Waals surface area contributed by atoms with Gasteiger partial charge in [-0.3, -0.25) is 4.79 Å². The predicted molar refractivity (Wildman–Crippen MR) is 82.1 cm³/mol. The van der Waals surface area contributed by atoms with Crippen LogP contribution in [-0.4, -0.2) is 50.7 Å². The highest BCUT2D eigenvalue weighted by Crippen LogP contribution is 2.26. The third kappa shape index (κ3) is 3.67. The Morgan fingerprint density at radius 2 is 2.19 bits per heavy atom. The van der Waals surface area contributed by atoms with E-state index >= 15 is 0 Å². The largest absolute Gasteiger partial charge is 0.497 e. The van der Waals surface area contributed by atoms with Crippen molar-refractivity contribution in [1.82, 2.24) is 10.2 Å². The second kappa shape index (κ2) is 7.31. The molecule has 0 radical (unpaired) electrons. The first-order valence-corrected chi connectivity index (χ1v) is 7.44. The summed E-state index contributed by atoms with van der Waals surface area (Å²) in [5.41, 5.74) is 0.593. The SMILES string of the molecule is CCNC1CCCN(C(=O)c2ccc(OC)cc2OC)C1. The van der Waals surface area contributed by atoms with Crippen LogP contribution in [0.2, 0.25) is 0 Å². The van der Waals surface area contributed by atoms with Crippen molar-refractivity contribution in [2.75, 3.05) is 33.9 Å². The Morgan fingerprint density at radius 1 is 1.38 bits per heavy atom. The molecule has 1 atom stereocenters. The van der Waals surface area contributed by atoms with Crippen LogP contribution in [0.15, 0.2) is 18.2 Å². The van der Waals surface area contributed by atoms with Gasteiger partial charge in [-0.25, -0.2) is 0 Å². The van der Waals surface area contributed by atoms with E-state index in [1.807, 2.05) is 4.90 Å². The molecule has 1 amide bonds. The van der Waals surface area contributed by atoms with Crippen molar-refractivity contribution in [3.05, 3.63) is 23.8 Å². The Balaban J connectivity index is 2.15. The molecule has 1 heterocycles. The Hall–Kier alpha value is -1.75. The predicted octanol–water partition coefficient (Wildman–Crippen LogP) is 1.92. The van der Waals surface area contributed by atoms with Gasteiger partial charge in [-0.1, -0.05) is 6.92 Å².